The zero-order valence-corrected chi connectivity index (χ0v) is 18.2. The smallest absolute Gasteiger partial charge is 0.490 e. The monoisotopic (exact) mass is 484 g/mol. The molecule has 2 N–H and O–H groups in total. The van der Waals surface area contributed by atoms with E-state index in [0.717, 1.165) is 16.1 Å². The number of carboxylic acids is 1. The van der Waals surface area contributed by atoms with Crippen LogP contribution in [0.5, 0.6) is 11.5 Å². The number of halogens is 3. The summed E-state index contributed by atoms with van der Waals surface area (Å²) in [5.41, 5.74) is 1.87. The van der Waals surface area contributed by atoms with Crippen molar-refractivity contribution in [3.63, 3.8) is 0 Å². The highest BCUT2D eigenvalue weighted by molar-refractivity contribution is 7.15. The van der Waals surface area contributed by atoms with Gasteiger partial charge in [-0.1, -0.05) is 23.5 Å². The summed E-state index contributed by atoms with van der Waals surface area (Å²) in [7, 11) is 3.20. The maximum absolute atomic E-state index is 12.1. The summed E-state index contributed by atoms with van der Waals surface area (Å²) in [6.07, 6.45) is -0.899. The Hall–Kier alpha value is -3.74. The first-order valence-corrected chi connectivity index (χ1v) is 9.96. The number of alkyl halides is 3. The van der Waals surface area contributed by atoms with Gasteiger partial charge in [0, 0.05) is 18.8 Å². The molecule has 0 saturated heterocycles. The fourth-order valence-corrected chi connectivity index (χ4v) is 3.18. The molecule has 2 aromatic heterocycles. The van der Waals surface area contributed by atoms with Crippen molar-refractivity contribution in [2.24, 2.45) is 0 Å². The normalized spacial score (nSPS) is 10.6. The lowest BCUT2D eigenvalue weighted by Crippen LogP contribution is -2.21. The number of carboxylic acid groups (broad SMARTS) is 1. The van der Waals surface area contributed by atoms with Crippen LogP contribution < -0.4 is 14.8 Å². The van der Waals surface area contributed by atoms with Crippen molar-refractivity contribution in [2.75, 3.05) is 19.5 Å². The van der Waals surface area contributed by atoms with Crippen LogP contribution in [0.4, 0.5) is 18.3 Å². The number of carbonyl (C=O) groups excluding carboxylic acids is 1. The van der Waals surface area contributed by atoms with E-state index < -0.39 is 12.1 Å². The summed E-state index contributed by atoms with van der Waals surface area (Å²) >= 11 is 1.35. The molecule has 3 aromatic rings. The molecular weight excluding hydrogens is 465 g/mol. The number of pyridine rings is 1. The van der Waals surface area contributed by atoms with E-state index in [1.807, 2.05) is 24.3 Å². The van der Waals surface area contributed by atoms with Gasteiger partial charge in [-0.05, 0) is 29.3 Å². The van der Waals surface area contributed by atoms with Crippen LogP contribution in [0.1, 0.15) is 16.1 Å². The van der Waals surface area contributed by atoms with Gasteiger partial charge in [-0.2, -0.15) is 13.2 Å². The van der Waals surface area contributed by atoms with Gasteiger partial charge in [0.25, 0.3) is 0 Å². The van der Waals surface area contributed by atoms with Crippen molar-refractivity contribution >= 4 is 28.3 Å². The summed E-state index contributed by atoms with van der Waals surface area (Å²) in [4.78, 5) is 25.0. The lowest BCUT2D eigenvalue weighted by molar-refractivity contribution is -0.192. The number of methoxy groups -OCH3 is 2. The lowest BCUT2D eigenvalue weighted by Gasteiger charge is -2.08. The molecule has 176 valence electrons. The van der Waals surface area contributed by atoms with E-state index in [-0.39, 0.29) is 12.3 Å². The first-order chi connectivity index (χ1) is 15.6. The minimum atomic E-state index is -5.08. The molecule has 0 unspecified atom stereocenters. The molecule has 9 nitrogen and oxygen atoms in total. The molecule has 0 saturated carbocycles. The number of nitrogens with one attached hydrogen (secondary N) is 1. The first kappa shape index (κ1) is 25.5. The van der Waals surface area contributed by atoms with Gasteiger partial charge in [0.2, 0.25) is 11.0 Å². The minimum absolute atomic E-state index is 0.146. The molecule has 0 aliphatic heterocycles. The first-order valence-electron chi connectivity index (χ1n) is 9.14. The standard InChI is InChI=1S/C18H18N4O3S.C2HF3O2/c1-24-14-6-5-12(8-15(14)25-2)10-17-21-22-18(26-17)20-16(23)9-13-4-3-7-19-11-13;3-2(4,5)1(6)7/h3-8,11H,9-10H2,1-2H3,(H,20,22,23);(H,6,7). The second-order valence-electron chi connectivity index (χ2n) is 6.26. The number of nitrogens with zero attached hydrogens (tertiary/aromatic N) is 3. The summed E-state index contributed by atoms with van der Waals surface area (Å²) in [5.74, 6) is -1.56. The lowest BCUT2D eigenvalue weighted by atomic mass is 10.1. The van der Waals surface area contributed by atoms with Crippen molar-refractivity contribution in [3.8, 4) is 11.5 Å². The Morgan fingerprint density at radius 2 is 1.79 bits per heavy atom. The van der Waals surface area contributed by atoms with E-state index in [2.05, 4.69) is 20.5 Å². The molecule has 3 rings (SSSR count). The van der Waals surface area contributed by atoms with Gasteiger partial charge in [0.15, 0.2) is 11.5 Å². The average molecular weight is 484 g/mol. The number of aliphatic carboxylic acids is 1. The van der Waals surface area contributed by atoms with E-state index in [9.17, 15) is 18.0 Å². The number of amides is 1. The third-order valence-electron chi connectivity index (χ3n) is 3.85. The second kappa shape index (κ2) is 11.8. The second-order valence-corrected chi connectivity index (χ2v) is 7.32. The van der Waals surface area contributed by atoms with Crippen LogP contribution in [0.3, 0.4) is 0 Å². The molecule has 13 heteroatoms. The molecule has 33 heavy (non-hydrogen) atoms. The number of aromatic nitrogens is 3. The van der Waals surface area contributed by atoms with Crippen molar-refractivity contribution in [1.82, 2.24) is 15.2 Å². The topological polar surface area (TPSA) is 124 Å². The van der Waals surface area contributed by atoms with E-state index in [4.69, 9.17) is 19.4 Å². The maximum Gasteiger partial charge on any atom is 0.490 e. The van der Waals surface area contributed by atoms with Crippen LogP contribution in [0, 0.1) is 0 Å². The zero-order chi connectivity index (χ0) is 24.4. The highest BCUT2D eigenvalue weighted by atomic mass is 32.1. The molecule has 1 aromatic carbocycles. The Bertz CT molecular complexity index is 1080. The van der Waals surface area contributed by atoms with Gasteiger partial charge in [-0.3, -0.25) is 9.78 Å². The van der Waals surface area contributed by atoms with Crippen LogP contribution >= 0.6 is 11.3 Å². The van der Waals surface area contributed by atoms with Gasteiger partial charge in [0.05, 0.1) is 20.6 Å². The van der Waals surface area contributed by atoms with E-state index >= 15 is 0 Å². The van der Waals surface area contributed by atoms with E-state index in [1.54, 1.807) is 32.7 Å². The molecule has 0 bridgehead atoms. The third kappa shape index (κ3) is 8.37. The molecule has 0 fully saturated rings. The molecule has 2 heterocycles. The Kier molecular flexibility index (Phi) is 9.09. The molecule has 1 amide bonds. The van der Waals surface area contributed by atoms with E-state index in [1.165, 1.54) is 11.3 Å². The molecule has 0 spiro atoms. The van der Waals surface area contributed by atoms with Crippen LogP contribution in [-0.4, -0.2) is 52.6 Å². The average Bonchev–Trinajstić information content (AvgIpc) is 3.20. The highest BCUT2D eigenvalue weighted by Crippen LogP contribution is 2.29. The summed E-state index contributed by atoms with van der Waals surface area (Å²) < 4.78 is 42.3. The van der Waals surface area contributed by atoms with E-state index in [0.29, 0.717) is 23.1 Å². The van der Waals surface area contributed by atoms with Crippen LogP contribution in [-0.2, 0) is 22.4 Å². The summed E-state index contributed by atoms with van der Waals surface area (Å²) in [6, 6.07) is 9.36. The Morgan fingerprint density at radius 3 is 2.36 bits per heavy atom. The number of ether oxygens (including phenoxy) is 2. The Balaban J connectivity index is 0.000000479. The zero-order valence-electron chi connectivity index (χ0n) is 17.4. The van der Waals surface area contributed by atoms with Gasteiger partial charge in [-0.15, -0.1) is 10.2 Å². The van der Waals surface area contributed by atoms with Gasteiger partial charge in [-0.25, -0.2) is 4.79 Å². The Morgan fingerprint density at radius 1 is 1.09 bits per heavy atom. The maximum atomic E-state index is 12.1. The quantitative estimate of drug-likeness (QED) is 0.523. The number of hydrogen-bond acceptors (Lipinski definition) is 8. The van der Waals surface area contributed by atoms with Crippen LogP contribution in [0.15, 0.2) is 42.7 Å². The molecule has 0 aliphatic carbocycles. The summed E-state index contributed by atoms with van der Waals surface area (Å²) in [5, 5.41) is 19.4. The fourth-order valence-electron chi connectivity index (χ4n) is 2.39. The number of hydrogen-bond donors (Lipinski definition) is 2. The largest absolute Gasteiger partial charge is 0.493 e. The van der Waals surface area contributed by atoms with Crippen molar-refractivity contribution in [1.29, 1.82) is 0 Å². The minimum Gasteiger partial charge on any atom is -0.493 e. The highest BCUT2D eigenvalue weighted by Gasteiger charge is 2.38. The van der Waals surface area contributed by atoms with Crippen LogP contribution in [0.2, 0.25) is 0 Å². The fraction of sp³-hybridized carbons (Fsp3) is 0.250. The van der Waals surface area contributed by atoms with Crippen LogP contribution in [0.25, 0.3) is 0 Å². The molecule has 0 radical (unpaired) electrons. The molecule has 0 atom stereocenters. The molecular formula is C20H19F3N4O5S. The third-order valence-corrected chi connectivity index (χ3v) is 4.69. The number of anilines is 1. The number of rotatable bonds is 7. The van der Waals surface area contributed by atoms with Crippen molar-refractivity contribution < 1.29 is 37.3 Å². The van der Waals surface area contributed by atoms with Gasteiger partial charge in [0.1, 0.15) is 5.01 Å². The van der Waals surface area contributed by atoms with Crippen molar-refractivity contribution in [2.45, 2.75) is 19.0 Å². The van der Waals surface area contributed by atoms with Gasteiger partial charge < -0.3 is 19.9 Å². The Labute approximate surface area is 190 Å². The SMILES string of the molecule is COc1ccc(Cc2nnc(NC(=O)Cc3cccnc3)s2)cc1OC.O=C(O)C(F)(F)F. The predicted octanol–water partition coefficient (Wildman–Crippen LogP) is 3.36. The summed E-state index contributed by atoms with van der Waals surface area (Å²) in [6.45, 7) is 0. The van der Waals surface area contributed by atoms with Crippen molar-refractivity contribution in [3.05, 3.63) is 58.9 Å². The molecule has 0 aliphatic rings. The number of carbonyl (C=O) groups is 2. The predicted molar refractivity (Wildman–Crippen MR) is 113 cm³/mol. The van der Waals surface area contributed by atoms with Gasteiger partial charge >= 0.3 is 12.1 Å². The number of benzene rings is 1.